The molecule has 6 heteroatoms. The SMILES string of the molecule is CC(O)CN(CCN1CCCC1)CCN(CCN1CCCC1)CC(C)O. The van der Waals surface area contributed by atoms with E-state index in [0.717, 1.165) is 52.4 Å². The summed E-state index contributed by atoms with van der Waals surface area (Å²) >= 11 is 0. The van der Waals surface area contributed by atoms with Gasteiger partial charge in [-0.15, -0.1) is 0 Å². The third-order valence-corrected chi connectivity index (χ3v) is 5.64. The van der Waals surface area contributed by atoms with Crippen LogP contribution in [0.1, 0.15) is 39.5 Å². The molecular formula is C20H42N4O2. The molecule has 0 spiro atoms. The van der Waals surface area contributed by atoms with Crippen LogP contribution in [0, 0.1) is 0 Å². The summed E-state index contributed by atoms with van der Waals surface area (Å²) in [7, 11) is 0. The summed E-state index contributed by atoms with van der Waals surface area (Å²) in [4.78, 5) is 9.87. The van der Waals surface area contributed by atoms with Crippen molar-refractivity contribution >= 4 is 0 Å². The lowest BCUT2D eigenvalue weighted by atomic mass is 10.3. The molecule has 2 unspecified atom stereocenters. The summed E-state index contributed by atoms with van der Waals surface area (Å²) in [5, 5.41) is 19.7. The van der Waals surface area contributed by atoms with E-state index in [0.29, 0.717) is 0 Å². The fourth-order valence-corrected chi connectivity index (χ4v) is 4.20. The van der Waals surface area contributed by atoms with Crippen LogP contribution in [0.25, 0.3) is 0 Å². The second-order valence-electron chi connectivity index (χ2n) is 8.40. The molecule has 0 aromatic heterocycles. The Morgan fingerprint density at radius 3 is 1.31 bits per heavy atom. The first-order valence-corrected chi connectivity index (χ1v) is 10.8. The van der Waals surface area contributed by atoms with Gasteiger partial charge in [-0.1, -0.05) is 0 Å². The van der Waals surface area contributed by atoms with Crippen molar-refractivity contribution < 1.29 is 10.2 Å². The molecule has 2 atom stereocenters. The Hall–Kier alpha value is -0.240. The highest BCUT2D eigenvalue weighted by Gasteiger charge is 2.17. The van der Waals surface area contributed by atoms with E-state index in [-0.39, 0.29) is 12.2 Å². The molecular weight excluding hydrogens is 328 g/mol. The highest BCUT2D eigenvalue weighted by Crippen LogP contribution is 2.08. The van der Waals surface area contributed by atoms with E-state index in [2.05, 4.69) is 19.6 Å². The molecule has 6 nitrogen and oxygen atoms in total. The first kappa shape index (κ1) is 22.1. The molecule has 2 fully saturated rings. The quantitative estimate of drug-likeness (QED) is 0.494. The Morgan fingerprint density at radius 1 is 0.654 bits per heavy atom. The summed E-state index contributed by atoms with van der Waals surface area (Å²) in [6, 6.07) is 0. The Balaban J connectivity index is 1.75. The van der Waals surface area contributed by atoms with Gasteiger partial charge in [-0.05, 0) is 65.7 Å². The van der Waals surface area contributed by atoms with Crippen LogP contribution >= 0.6 is 0 Å². The molecule has 2 N–H and O–H groups in total. The predicted molar refractivity (Wildman–Crippen MR) is 108 cm³/mol. The first-order chi connectivity index (χ1) is 12.5. The summed E-state index contributed by atoms with van der Waals surface area (Å²) in [5.74, 6) is 0. The van der Waals surface area contributed by atoms with Crippen molar-refractivity contribution in [2.75, 3.05) is 78.5 Å². The van der Waals surface area contributed by atoms with Crippen LogP contribution in [-0.4, -0.2) is 121 Å². The summed E-state index contributed by atoms with van der Waals surface area (Å²) in [6.45, 7) is 16.3. The third kappa shape index (κ3) is 9.11. The van der Waals surface area contributed by atoms with E-state index >= 15 is 0 Å². The van der Waals surface area contributed by atoms with E-state index < -0.39 is 0 Å². The maximum absolute atomic E-state index is 9.86. The van der Waals surface area contributed by atoms with Crippen molar-refractivity contribution in [3.63, 3.8) is 0 Å². The van der Waals surface area contributed by atoms with Gasteiger partial charge in [0, 0.05) is 52.4 Å². The minimum atomic E-state index is -0.289. The van der Waals surface area contributed by atoms with Gasteiger partial charge in [0.25, 0.3) is 0 Å². The number of nitrogens with zero attached hydrogens (tertiary/aromatic N) is 4. The van der Waals surface area contributed by atoms with Gasteiger partial charge in [0.15, 0.2) is 0 Å². The normalized spacial score (nSPS) is 21.9. The molecule has 2 aliphatic heterocycles. The fraction of sp³-hybridized carbons (Fsp3) is 1.00. The predicted octanol–water partition coefficient (Wildman–Crippen LogP) is 0.544. The minimum absolute atomic E-state index is 0.289. The van der Waals surface area contributed by atoms with Crippen molar-refractivity contribution in [2.45, 2.75) is 51.7 Å². The topological polar surface area (TPSA) is 53.4 Å². The molecule has 2 rings (SSSR count). The Labute approximate surface area is 160 Å². The monoisotopic (exact) mass is 370 g/mol. The standard InChI is InChI=1S/C20H42N4O2/c1-19(25)17-23(13-11-21-7-3-4-8-21)15-16-24(18-20(2)26)14-12-22-9-5-6-10-22/h19-20,25-26H,3-18H2,1-2H3. The van der Waals surface area contributed by atoms with E-state index in [9.17, 15) is 10.2 Å². The third-order valence-electron chi connectivity index (χ3n) is 5.64. The van der Waals surface area contributed by atoms with Gasteiger partial charge in [-0.2, -0.15) is 0 Å². The van der Waals surface area contributed by atoms with Crippen LogP contribution in [0.5, 0.6) is 0 Å². The van der Waals surface area contributed by atoms with Gasteiger partial charge in [-0.25, -0.2) is 0 Å². The van der Waals surface area contributed by atoms with Crippen LogP contribution < -0.4 is 0 Å². The first-order valence-electron chi connectivity index (χ1n) is 10.8. The molecule has 0 aromatic carbocycles. The second kappa shape index (κ2) is 12.3. The zero-order chi connectivity index (χ0) is 18.8. The van der Waals surface area contributed by atoms with Crippen molar-refractivity contribution in [1.29, 1.82) is 0 Å². The number of likely N-dealkylation sites (tertiary alicyclic amines) is 2. The molecule has 2 heterocycles. The van der Waals surface area contributed by atoms with Crippen LogP contribution in [-0.2, 0) is 0 Å². The molecule has 0 amide bonds. The molecule has 2 aliphatic rings. The number of aliphatic hydroxyl groups is 2. The van der Waals surface area contributed by atoms with Crippen molar-refractivity contribution in [3.8, 4) is 0 Å². The van der Waals surface area contributed by atoms with Crippen molar-refractivity contribution in [2.24, 2.45) is 0 Å². The van der Waals surface area contributed by atoms with Crippen LogP contribution in [0.15, 0.2) is 0 Å². The van der Waals surface area contributed by atoms with Crippen LogP contribution in [0.4, 0.5) is 0 Å². The van der Waals surface area contributed by atoms with E-state index in [4.69, 9.17) is 0 Å². The molecule has 2 saturated heterocycles. The zero-order valence-corrected chi connectivity index (χ0v) is 17.2. The molecule has 0 bridgehead atoms. The number of aliphatic hydroxyl groups excluding tert-OH is 2. The maximum atomic E-state index is 9.86. The van der Waals surface area contributed by atoms with Gasteiger partial charge >= 0.3 is 0 Å². The molecule has 154 valence electrons. The van der Waals surface area contributed by atoms with E-state index in [1.54, 1.807) is 0 Å². The summed E-state index contributed by atoms with van der Waals surface area (Å²) < 4.78 is 0. The van der Waals surface area contributed by atoms with E-state index in [1.807, 2.05) is 13.8 Å². The smallest absolute Gasteiger partial charge is 0.0639 e. The van der Waals surface area contributed by atoms with Crippen molar-refractivity contribution in [1.82, 2.24) is 19.6 Å². The Bertz CT molecular complexity index is 322. The molecule has 0 saturated carbocycles. The molecule has 0 aliphatic carbocycles. The van der Waals surface area contributed by atoms with Crippen LogP contribution in [0.3, 0.4) is 0 Å². The van der Waals surface area contributed by atoms with Gasteiger partial charge in [0.05, 0.1) is 12.2 Å². The highest BCUT2D eigenvalue weighted by molar-refractivity contribution is 4.73. The van der Waals surface area contributed by atoms with Gasteiger partial charge in [0.2, 0.25) is 0 Å². The maximum Gasteiger partial charge on any atom is 0.0639 e. The van der Waals surface area contributed by atoms with E-state index in [1.165, 1.54) is 51.9 Å². The van der Waals surface area contributed by atoms with Crippen molar-refractivity contribution in [3.05, 3.63) is 0 Å². The van der Waals surface area contributed by atoms with Gasteiger partial charge in [-0.3, -0.25) is 9.80 Å². The second-order valence-corrected chi connectivity index (χ2v) is 8.40. The number of hydrogen-bond donors (Lipinski definition) is 2. The average molecular weight is 371 g/mol. The largest absolute Gasteiger partial charge is 0.392 e. The lowest BCUT2D eigenvalue weighted by Crippen LogP contribution is -2.45. The fourth-order valence-electron chi connectivity index (χ4n) is 4.20. The number of hydrogen-bond acceptors (Lipinski definition) is 6. The molecule has 0 radical (unpaired) electrons. The molecule has 0 aromatic rings. The molecule has 26 heavy (non-hydrogen) atoms. The summed E-state index contributed by atoms with van der Waals surface area (Å²) in [5.41, 5.74) is 0. The summed E-state index contributed by atoms with van der Waals surface area (Å²) in [6.07, 6.45) is 4.74. The highest BCUT2D eigenvalue weighted by atomic mass is 16.3. The van der Waals surface area contributed by atoms with Gasteiger partial charge < -0.3 is 20.0 Å². The Morgan fingerprint density at radius 2 is 1.00 bits per heavy atom. The lowest BCUT2D eigenvalue weighted by Gasteiger charge is -2.31. The lowest BCUT2D eigenvalue weighted by molar-refractivity contribution is 0.0881. The van der Waals surface area contributed by atoms with Gasteiger partial charge in [0.1, 0.15) is 0 Å². The average Bonchev–Trinajstić information content (AvgIpc) is 3.27. The number of rotatable bonds is 13. The minimum Gasteiger partial charge on any atom is -0.392 e. The van der Waals surface area contributed by atoms with Crippen LogP contribution in [0.2, 0.25) is 0 Å². The Kier molecular flexibility index (Phi) is 10.4. The zero-order valence-electron chi connectivity index (χ0n) is 17.2.